The average Bonchev–Trinajstić information content (AvgIpc) is 3.56. The van der Waals surface area contributed by atoms with Gasteiger partial charge in [0.1, 0.15) is 5.76 Å². The van der Waals surface area contributed by atoms with E-state index in [9.17, 15) is 15.0 Å². The summed E-state index contributed by atoms with van der Waals surface area (Å²) >= 11 is 0. The number of carbonyl (C=O) groups is 1. The second-order valence-electron chi connectivity index (χ2n) is 10.7. The minimum Gasteiger partial charge on any atom is -0.508 e. The van der Waals surface area contributed by atoms with E-state index >= 15 is 0 Å². The Balaban J connectivity index is 1.50. The number of hydrogen-bond acceptors (Lipinski definition) is 7. The lowest BCUT2D eigenvalue weighted by Gasteiger charge is -2.62. The molecule has 0 aromatic heterocycles. The Labute approximate surface area is 200 Å². The van der Waals surface area contributed by atoms with Gasteiger partial charge in [0.2, 0.25) is 0 Å². The number of rotatable bonds is 8. The van der Waals surface area contributed by atoms with E-state index in [0.29, 0.717) is 36.9 Å². The van der Waals surface area contributed by atoms with Crippen LogP contribution >= 0.6 is 0 Å². The molecule has 2 bridgehead atoms. The van der Waals surface area contributed by atoms with Crippen LogP contribution in [0.1, 0.15) is 63.5 Å². The lowest BCUT2D eigenvalue weighted by atomic mass is 9.49. The van der Waals surface area contributed by atoms with E-state index < -0.39 is 23.1 Å². The van der Waals surface area contributed by atoms with Crippen LogP contribution < -0.4 is 9.47 Å². The number of esters is 1. The summed E-state index contributed by atoms with van der Waals surface area (Å²) in [4.78, 5) is 15.3. The van der Waals surface area contributed by atoms with Crippen LogP contribution in [0.3, 0.4) is 0 Å². The van der Waals surface area contributed by atoms with Crippen molar-refractivity contribution in [3.63, 3.8) is 0 Å². The highest BCUT2D eigenvalue weighted by atomic mass is 16.5. The maximum Gasteiger partial charge on any atom is 0.337 e. The highest BCUT2D eigenvalue weighted by molar-refractivity contribution is 5.90. The van der Waals surface area contributed by atoms with Crippen molar-refractivity contribution >= 4 is 5.97 Å². The van der Waals surface area contributed by atoms with E-state index in [1.165, 1.54) is 12.8 Å². The van der Waals surface area contributed by atoms with Gasteiger partial charge in [-0.15, -0.1) is 0 Å². The molecule has 184 valence electrons. The molecule has 2 aliphatic heterocycles. The molecule has 1 aromatic rings. The fourth-order valence-electron chi connectivity index (χ4n) is 7.00. The lowest BCUT2D eigenvalue weighted by Crippen LogP contribution is -2.75. The smallest absolute Gasteiger partial charge is 0.337 e. The van der Waals surface area contributed by atoms with Crippen molar-refractivity contribution in [2.45, 2.75) is 82.0 Å². The number of benzene rings is 1. The molecule has 2 heterocycles. The van der Waals surface area contributed by atoms with Gasteiger partial charge in [-0.1, -0.05) is 19.4 Å². The molecule has 5 aliphatic rings. The monoisotopic (exact) mass is 469 g/mol. The molecule has 2 fully saturated rings. The lowest BCUT2D eigenvalue weighted by molar-refractivity contribution is -0.175. The van der Waals surface area contributed by atoms with Gasteiger partial charge in [0.25, 0.3) is 0 Å². The van der Waals surface area contributed by atoms with Crippen molar-refractivity contribution < 1.29 is 29.2 Å². The fourth-order valence-corrected chi connectivity index (χ4v) is 7.00. The molecular formula is C27H35NO6. The van der Waals surface area contributed by atoms with Gasteiger partial charge < -0.3 is 24.4 Å². The van der Waals surface area contributed by atoms with Crippen LogP contribution in [0.5, 0.6) is 11.5 Å². The van der Waals surface area contributed by atoms with Crippen LogP contribution in [0, 0.1) is 5.92 Å². The number of aliphatic hydroxyl groups is 2. The standard InChI is InChI=1S/C27H35NO6/c1-3-5-12-33-19-9-8-17-13-20-27(31)14-18(25(30)32-4-2)22(29)24-26(27,21(17)23(19)34-24)10-11-28(20)15-16-6-7-16/h8-9,16,20,24,29,31H,3-7,10-15H2,1-2H3/t20-,24+,26+,27-/m1/s1. The van der Waals surface area contributed by atoms with E-state index in [1.54, 1.807) is 6.92 Å². The Kier molecular flexibility index (Phi) is 5.16. The summed E-state index contributed by atoms with van der Waals surface area (Å²) < 4.78 is 17.9. The maximum absolute atomic E-state index is 12.9. The number of ether oxygens (including phenoxy) is 3. The average molecular weight is 470 g/mol. The van der Waals surface area contributed by atoms with E-state index in [4.69, 9.17) is 14.2 Å². The number of aliphatic hydroxyl groups excluding tert-OH is 1. The van der Waals surface area contributed by atoms with E-state index in [1.807, 2.05) is 6.07 Å². The van der Waals surface area contributed by atoms with Crippen LogP contribution in [0.2, 0.25) is 0 Å². The minimum atomic E-state index is -1.24. The van der Waals surface area contributed by atoms with Crippen LogP contribution in [-0.2, 0) is 21.4 Å². The van der Waals surface area contributed by atoms with Gasteiger partial charge in [0.05, 0.1) is 29.8 Å². The molecule has 4 atom stereocenters. The summed E-state index contributed by atoms with van der Waals surface area (Å²) in [5, 5.41) is 24.0. The molecule has 7 nitrogen and oxygen atoms in total. The summed E-state index contributed by atoms with van der Waals surface area (Å²) in [6.07, 6.45) is 5.05. The molecule has 3 aliphatic carbocycles. The number of hydrogen-bond donors (Lipinski definition) is 2. The minimum absolute atomic E-state index is 0.0726. The van der Waals surface area contributed by atoms with E-state index in [2.05, 4.69) is 17.9 Å². The molecule has 1 aromatic carbocycles. The predicted octanol–water partition coefficient (Wildman–Crippen LogP) is 3.41. The van der Waals surface area contributed by atoms with Crippen molar-refractivity contribution in [3.8, 4) is 11.5 Å². The number of likely N-dealkylation sites (tertiary alicyclic amines) is 1. The van der Waals surface area contributed by atoms with Crippen molar-refractivity contribution in [3.05, 3.63) is 34.6 Å². The summed E-state index contributed by atoms with van der Waals surface area (Å²) in [5.74, 6) is 1.31. The first-order valence-electron chi connectivity index (χ1n) is 13.0. The second kappa shape index (κ2) is 7.89. The highest BCUT2D eigenvalue weighted by Crippen LogP contribution is 2.66. The molecule has 1 saturated heterocycles. The SMILES string of the molecule is CCCCOc1ccc2c3c1O[C@H]1C(O)=C(C(=O)OCC)C[C@@]4(O)[C@@H](C2)N(CC2CC2)CC[C@]314. The van der Waals surface area contributed by atoms with Crippen molar-refractivity contribution in [2.75, 3.05) is 26.3 Å². The largest absolute Gasteiger partial charge is 0.508 e. The number of piperidine rings is 1. The van der Waals surface area contributed by atoms with Gasteiger partial charge in [-0.05, 0) is 63.1 Å². The van der Waals surface area contributed by atoms with Crippen LogP contribution in [-0.4, -0.2) is 65.1 Å². The molecule has 2 N–H and O–H groups in total. The fraction of sp³-hybridized carbons (Fsp3) is 0.667. The molecule has 34 heavy (non-hydrogen) atoms. The molecule has 0 unspecified atom stereocenters. The number of nitrogens with zero attached hydrogens (tertiary/aromatic N) is 1. The van der Waals surface area contributed by atoms with Gasteiger partial charge >= 0.3 is 5.97 Å². The third-order valence-electron chi connectivity index (χ3n) is 8.78. The molecule has 0 amide bonds. The molecule has 6 rings (SSSR count). The number of unbranched alkanes of at least 4 members (excludes halogenated alkanes) is 1. The molecular weight excluding hydrogens is 434 g/mol. The third-order valence-corrected chi connectivity index (χ3v) is 8.78. The first-order valence-corrected chi connectivity index (χ1v) is 13.0. The zero-order valence-corrected chi connectivity index (χ0v) is 20.1. The summed E-state index contributed by atoms with van der Waals surface area (Å²) in [5.41, 5.74) is 0.242. The molecule has 7 heteroatoms. The normalized spacial score (nSPS) is 33.4. The quantitative estimate of drug-likeness (QED) is 0.446. The maximum atomic E-state index is 12.9. The Hall–Kier alpha value is -2.25. The van der Waals surface area contributed by atoms with Crippen molar-refractivity contribution in [1.82, 2.24) is 4.90 Å². The Morgan fingerprint density at radius 3 is 2.85 bits per heavy atom. The topological polar surface area (TPSA) is 88.5 Å². The van der Waals surface area contributed by atoms with Gasteiger partial charge in [-0.2, -0.15) is 0 Å². The Morgan fingerprint density at radius 1 is 1.29 bits per heavy atom. The van der Waals surface area contributed by atoms with Crippen LogP contribution in [0.15, 0.2) is 23.5 Å². The number of carbonyl (C=O) groups excluding carboxylic acids is 1. The van der Waals surface area contributed by atoms with Crippen LogP contribution in [0.25, 0.3) is 0 Å². The predicted molar refractivity (Wildman–Crippen MR) is 125 cm³/mol. The first-order chi connectivity index (χ1) is 16.4. The van der Waals surface area contributed by atoms with Gasteiger partial charge in [-0.25, -0.2) is 4.79 Å². The molecule has 0 radical (unpaired) electrons. The summed E-state index contributed by atoms with van der Waals surface area (Å²) in [6.45, 7) is 6.47. The Morgan fingerprint density at radius 2 is 2.12 bits per heavy atom. The second-order valence-corrected chi connectivity index (χ2v) is 10.7. The van der Waals surface area contributed by atoms with E-state index in [-0.39, 0.29) is 30.4 Å². The van der Waals surface area contributed by atoms with Crippen molar-refractivity contribution in [2.24, 2.45) is 5.92 Å². The Bertz CT molecular complexity index is 1050. The molecule has 1 spiro atoms. The molecule has 1 saturated carbocycles. The summed E-state index contributed by atoms with van der Waals surface area (Å²) in [6, 6.07) is 3.94. The zero-order chi connectivity index (χ0) is 23.7. The third kappa shape index (κ3) is 2.92. The first kappa shape index (κ1) is 22.2. The summed E-state index contributed by atoms with van der Waals surface area (Å²) in [7, 11) is 0. The van der Waals surface area contributed by atoms with Crippen molar-refractivity contribution in [1.29, 1.82) is 0 Å². The van der Waals surface area contributed by atoms with Gasteiger partial charge in [-0.3, -0.25) is 4.90 Å². The highest BCUT2D eigenvalue weighted by Gasteiger charge is 2.73. The van der Waals surface area contributed by atoms with Crippen LogP contribution in [0.4, 0.5) is 0 Å². The van der Waals surface area contributed by atoms with Gasteiger partial charge in [0.15, 0.2) is 17.6 Å². The van der Waals surface area contributed by atoms with Gasteiger partial charge in [0, 0.05) is 24.6 Å². The zero-order valence-electron chi connectivity index (χ0n) is 20.1. The van der Waals surface area contributed by atoms with E-state index in [0.717, 1.165) is 37.1 Å².